The summed E-state index contributed by atoms with van der Waals surface area (Å²) in [5, 5.41) is 18.7. The van der Waals surface area contributed by atoms with Gasteiger partial charge in [-0.3, -0.25) is 5.26 Å². The highest BCUT2D eigenvalue weighted by Crippen LogP contribution is 2.46. The van der Waals surface area contributed by atoms with Gasteiger partial charge in [-0.1, -0.05) is 0 Å². The molecule has 2 aliphatic rings. The standard InChI is InChI=1S/C9H14O5/c1-5-4-8(2)7(10)9(3,14-13-8)6(5)12-11/h4,6-7,10-11H,1-3H3. The van der Waals surface area contributed by atoms with Crippen LogP contribution in [0.1, 0.15) is 20.8 Å². The summed E-state index contributed by atoms with van der Waals surface area (Å²) in [6.45, 7) is 5.15. The molecule has 1 aliphatic heterocycles. The van der Waals surface area contributed by atoms with Gasteiger partial charge < -0.3 is 5.11 Å². The average molecular weight is 202 g/mol. The van der Waals surface area contributed by atoms with Gasteiger partial charge in [0.1, 0.15) is 17.8 Å². The fraction of sp³-hybridized carbons (Fsp3) is 0.778. The van der Waals surface area contributed by atoms with Gasteiger partial charge in [-0.05, 0) is 32.4 Å². The van der Waals surface area contributed by atoms with Gasteiger partial charge in [0.25, 0.3) is 0 Å². The molecule has 2 rings (SSSR count). The molecule has 0 aromatic carbocycles. The molecule has 14 heavy (non-hydrogen) atoms. The number of aliphatic hydroxyl groups excluding tert-OH is 1. The zero-order valence-electron chi connectivity index (χ0n) is 8.35. The molecular weight excluding hydrogens is 188 g/mol. The van der Waals surface area contributed by atoms with Crippen LogP contribution in [0.2, 0.25) is 0 Å². The Morgan fingerprint density at radius 3 is 2.64 bits per heavy atom. The van der Waals surface area contributed by atoms with Gasteiger partial charge in [-0.15, -0.1) is 0 Å². The van der Waals surface area contributed by atoms with Crippen LogP contribution in [0.25, 0.3) is 0 Å². The lowest BCUT2D eigenvalue weighted by Gasteiger charge is -2.37. The molecule has 4 atom stereocenters. The summed E-state index contributed by atoms with van der Waals surface area (Å²) in [5.74, 6) is 0. The second kappa shape index (κ2) is 2.77. The van der Waals surface area contributed by atoms with E-state index >= 15 is 0 Å². The third kappa shape index (κ3) is 1.01. The number of rotatable bonds is 1. The molecule has 1 fully saturated rings. The first kappa shape index (κ1) is 10.1. The highest BCUT2D eigenvalue weighted by molar-refractivity contribution is 5.28. The predicted molar refractivity (Wildman–Crippen MR) is 46.2 cm³/mol. The molecule has 0 radical (unpaired) electrons. The lowest BCUT2D eigenvalue weighted by atomic mass is 9.75. The topological polar surface area (TPSA) is 68.2 Å². The Morgan fingerprint density at radius 2 is 2.07 bits per heavy atom. The molecule has 0 spiro atoms. The SMILES string of the molecule is CC1=CC2(C)OOC(C)(C1OO)C2O. The Labute approximate surface area is 81.7 Å². The maximum Gasteiger partial charge on any atom is 0.163 e. The molecule has 0 saturated carbocycles. The van der Waals surface area contributed by atoms with E-state index in [1.54, 1.807) is 26.8 Å². The zero-order valence-corrected chi connectivity index (χ0v) is 8.35. The summed E-state index contributed by atoms with van der Waals surface area (Å²) in [4.78, 5) is 14.4. The predicted octanol–water partition coefficient (Wildman–Crippen LogP) is 0.645. The molecular formula is C9H14O5. The molecule has 0 amide bonds. The first-order valence-electron chi connectivity index (χ1n) is 4.48. The fourth-order valence-corrected chi connectivity index (χ4v) is 2.30. The van der Waals surface area contributed by atoms with Crippen molar-refractivity contribution in [1.82, 2.24) is 0 Å². The minimum absolute atomic E-state index is 0.701. The van der Waals surface area contributed by atoms with Crippen LogP contribution in [-0.2, 0) is 14.7 Å². The molecule has 2 bridgehead atoms. The Balaban J connectivity index is 2.48. The van der Waals surface area contributed by atoms with Crippen molar-refractivity contribution < 1.29 is 25.0 Å². The van der Waals surface area contributed by atoms with Gasteiger partial charge in [0, 0.05) is 0 Å². The Hall–Kier alpha value is -0.460. The van der Waals surface area contributed by atoms with E-state index in [1.165, 1.54) is 0 Å². The normalized spacial score (nSPS) is 51.9. The van der Waals surface area contributed by atoms with Crippen LogP contribution in [0.15, 0.2) is 11.6 Å². The van der Waals surface area contributed by atoms with Crippen LogP contribution in [0.5, 0.6) is 0 Å². The molecule has 0 aromatic rings. The maximum atomic E-state index is 9.96. The minimum Gasteiger partial charge on any atom is -0.386 e. The third-order valence-corrected chi connectivity index (χ3v) is 3.04. The summed E-state index contributed by atoms with van der Waals surface area (Å²) in [6, 6.07) is 0. The average Bonchev–Trinajstić information content (AvgIpc) is 2.30. The van der Waals surface area contributed by atoms with Crippen LogP contribution in [0, 0.1) is 0 Å². The number of fused-ring (bicyclic) bond motifs is 2. The summed E-state index contributed by atoms with van der Waals surface area (Å²) in [6.07, 6.45) is 0.136. The quantitative estimate of drug-likeness (QED) is 0.371. The van der Waals surface area contributed by atoms with E-state index in [-0.39, 0.29) is 0 Å². The molecule has 5 heteroatoms. The molecule has 5 nitrogen and oxygen atoms in total. The van der Waals surface area contributed by atoms with Crippen LogP contribution >= 0.6 is 0 Å². The van der Waals surface area contributed by atoms with E-state index in [2.05, 4.69) is 4.89 Å². The zero-order chi connectivity index (χ0) is 10.6. The van der Waals surface area contributed by atoms with E-state index in [0.29, 0.717) is 0 Å². The van der Waals surface area contributed by atoms with Gasteiger partial charge in [-0.2, -0.15) is 0 Å². The second-order valence-electron chi connectivity index (χ2n) is 4.31. The molecule has 1 heterocycles. The Morgan fingerprint density at radius 1 is 1.43 bits per heavy atom. The third-order valence-electron chi connectivity index (χ3n) is 3.04. The highest BCUT2D eigenvalue weighted by atomic mass is 17.2. The largest absolute Gasteiger partial charge is 0.386 e. The molecule has 4 unspecified atom stereocenters. The van der Waals surface area contributed by atoms with Crippen molar-refractivity contribution in [2.45, 2.75) is 44.2 Å². The van der Waals surface area contributed by atoms with Gasteiger partial charge >= 0.3 is 0 Å². The summed E-state index contributed by atoms with van der Waals surface area (Å²) < 4.78 is 0. The molecule has 2 N–H and O–H groups in total. The summed E-state index contributed by atoms with van der Waals surface area (Å²) in [5.41, 5.74) is -1.13. The van der Waals surface area contributed by atoms with Gasteiger partial charge in [-0.25, -0.2) is 14.7 Å². The summed E-state index contributed by atoms with van der Waals surface area (Å²) in [7, 11) is 0. The minimum atomic E-state index is -1.05. The van der Waals surface area contributed by atoms with Crippen molar-refractivity contribution in [2.75, 3.05) is 0 Å². The van der Waals surface area contributed by atoms with Crippen molar-refractivity contribution in [3.8, 4) is 0 Å². The second-order valence-corrected chi connectivity index (χ2v) is 4.31. The van der Waals surface area contributed by atoms with Gasteiger partial charge in [0.2, 0.25) is 0 Å². The van der Waals surface area contributed by atoms with E-state index in [9.17, 15) is 5.11 Å². The number of hydrogen-bond acceptors (Lipinski definition) is 5. The maximum absolute atomic E-state index is 9.96. The number of hydrogen-bond donors (Lipinski definition) is 2. The molecule has 0 aromatic heterocycles. The monoisotopic (exact) mass is 202 g/mol. The van der Waals surface area contributed by atoms with Crippen molar-refractivity contribution in [3.63, 3.8) is 0 Å². The van der Waals surface area contributed by atoms with Crippen molar-refractivity contribution in [2.24, 2.45) is 0 Å². The van der Waals surface area contributed by atoms with Crippen LogP contribution < -0.4 is 0 Å². The van der Waals surface area contributed by atoms with Crippen molar-refractivity contribution in [3.05, 3.63) is 11.6 Å². The smallest absolute Gasteiger partial charge is 0.163 e. The van der Waals surface area contributed by atoms with Crippen LogP contribution in [0.3, 0.4) is 0 Å². The first-order chi connectivity index (χ1) is 6.44. The molecule has 80 valence electrons. The lowest BCUT2D eigenvalue weighted by molar-refractivity contribution is -0.375. The first-order valence-corrected chi connectivity index (χ1v) is 4.48. The summed E-state index contributed by atoms with van der Waals surface area (Å²) >= 11 is 0. The fourth-order valence-electron chi connectivity index (χ4n) is 2.30. The van der Waals surface area contributed by atoms with Gasteiger partial charge in [0.15, 0.2) is 5.60 Å². The molecule has 1 aliphatic carbocycles. The van der Waals surface area contributed by atoms with Crippen LogP contribution in [0.4, 0.5) is 0 Å². The van der Waals surface area contributed by atoms with Crippen molar-refractivity contribution >= 4 is 0 Å². The molecule has 1 saturated heterocycles. The van der Waals surface area contributed by atoms with Crippen molar-refractivity contribution in [1.29, 1.82) is 0 Å². The Kier molecular flexibility index (Phi) is 1.99. The van der Waals surface area contributed by atoms with E-state index in [1.807, 2.05) is 0 Å². The Bertz CT molecular complexity index is 289. The lowest BCUT2D eigenvalue weighted by Crippen LogP contribution is -2.57. The number of aliphatic hydroxyl groups is 1. The van der Waals surface area contributed by atoms with E-state index < -0.39 is 23.4 Å². The van der Waals surface area contributed by atoms with E-state index in [4.69, 9.17) is 15.0 Å². The van der Waals surface area contributed by atoms with E-state index in [0.717, 1.165) is 5.57 Å². The van der Waals surface area contributed by atoms with Gasteiger partial charge in [0.05, 0.1) is 0 Å². The van der Waals surface area contributed by atoms with Crippen LogP contribution in [-0.4, -0.2) is 33.8 Å². The highest BCUT2D eigenvalue weighted by Gasteiger charge is 2.62.